The van der Waals surface area contributed by atoms with Gasteiger partial charge in [-0.2, -0.15) is 0 Å². The van der Waals surface area contributed by atoms with E-state index in [4.69, 9.17) is 5.11 Å². The van der Waals surface area contributed by atoms with Crippen molar-refractivity contribution in [1.29, 1.82) is 0 Å². The summed E-state index contributed by atoms with van der Waals surface area (Å²) in [5.41, 5.74) is 0.172. The Bertz CT molecular complexity index is 457. The van der Waals surface area contributed by atoms with Gasteiger partial charge >= 0.3 is 11.9 Å². The van der Waals surface area contributed by atoms with E-state index < -0.39 is 17.5 Å². The highest BCUT2D eigenvalue weighted by Crippen LogP contribution is 2.18. The fourth-order valence-electron chi connectivity index (χ4n) is 1.54. The molecule has 18 heavy (non-hydrogen) atoms. The predicted octanol–water partition coefficient (Wildman–Crippen LogP) is 1.53. The van der Waals surface area contributed by atoms with E-state index in [9.17, 15) is 9.59 Å². The smallest absolute Gasteiger partial charge is 0.356 e. The van der Waals surface area contributed by atoms with Gasteiger partial charge in [0.2, 0.25) is 0 Å². The van der Waals surface area contributed by atoms with E-state index >= 15 is 0 Å². The van der Waals surface area contributed by atoms with Crippen LogP contribution in [-0.2, 0) is 9.53 Å². The number of ether oxygens (including phenoxy) is 1. The lowest BCUT2D eigenvalue weighted by Gasteiger charge is -2.25. The van der Waals surface area contributed by atoms with E-state index in [2.05, 4.69) is 15.0 Å². The second-order valence-corrected chi connectivity index (χ2v) is 4.50. The van der Waals surface area contributed by atoms with Crippen molar-refractivity contribution < 1.29 is 19.4 Å². The van der Waals surface area contributed by atoms with Crippen LogP contribution in [0.4, 0.5) is 5.69 Å². The van der Waals surface area contributed by atoms with Crippen LogP contribution in [0, 0.1) is 0 Å². The van der Waals surface area contributed by atoms with Crippen LogP contribution in [-0.4, -0.2) is 34.7 Å². The highest BCUT2D eigenvalue weighted by atomic mass is 16.5. The summed E-state index contributed by atoms with van der Waals surface area (Å²) < 4.78 is 4.56. The zero-order chi connectivity index (χ0) is 13.8. The maximum absolute atomic E-state index is 11.3. The number of carboxylic acids is 1. The van der Waals surface area contributed by atoms with Gasteiger partial charge in [-0.25, -0.2) is 9.78 Å². The van der Waals surface area contributed by atoms with Gasteiger partial charge in [0, 0.05) is 17.4 Å². The van der Waals surface area contributed by atoms with E-state index in [1.165, 1.54) is 19.4 Å². The number of anilines is 1. The van der Waals surface area contributed by atoms with E-state index in [0.717, 1.165) is 0 Å². The number of carbonyl (C=O) groups excluding carboxylic acids is 1. The third-order valence-electron chi connectivity index (χ3n) is 2.23. The van der Waals surface area contributed by atoms with Crippen molar-refractivity contribution in [2.75, 3.05) is 12.4 Å². The molecule has 1 aromatic heterocycles. The predicted molar refractivity (Wildman–Crippen MR) is 65.5 cm³/mol. The molecule has 0 saturated carbocycles. The Labute approximate surface area is 105 Å². The van der Waals surface area contributed by atoms with Gasteiger partial charge in [-0.3, -0.25) is 4.79 Å². The average molecular weight is 252 g/mol. The lowest BCUT2D eigenvalue weighted by Crippen LogP contribution is -2.33. The number of rotatable bonds is 5. The summed E-state index contributed by atoms with van der Waals surface area (Å²) in [7, 11) is 1.28. The van der Waals surface area contributed by atoms with Gasteiger partial charge in [0.1, 0.15) is 5.69 Å². The molecule has 0 atom stereocenters. The normalized spacial score (nSPS) is 10.8. The van der Waals surface area contributed by atoms with Gasteiger partial charge < -0.3 is 15.2 Å². The maximum Gasteiger partial charge on any atom is 0.356 e. The first-order valence-corrected chi connectivity index (χ1v) is 5.38. The Kier molecular flexibility index (Phi) is 4.25. The molecule has 0 saturated heterocycles. The van der Waals surface area contributed by atoms with E-state index in [1.54, 1.807) is 19.9 Å². The zero-order valence-electron chi connectivity index (χ0n) is 10.6. The third kappa shape index (κ3) is 4.04. The molecule has 0 spiro atoms. The lowest BCUT2D eigenvalue weighted by atomic mass is 10.0. The van der Waals surface area contributed by atoms with Crippen LogP contribution >= 0.6 is 0 Å². The van der Waals surface area contributed by atoms with Crippen LogP contribution < -0.4 is 5.32 Å². The SMILES string of the molecule is COC(=O)c1cc(NC(C)(C)CC(=O)O)ccn1. The van der Waals surface area contributed by atoms with Gasteiger partial charge in [0.05, 0.1) is 13.5 Å². The molecule has 1 aromatic rings. The molecule has 0 amide bonds. The number of hydrogen-bond donors (Lipinski definition) is 2. The van der Waals surface area contributed by atoms with Crippen molar-refractivity contribution in [3.63, 3.8) is 0 Å². The molecule has 2 N–H and O–H groups in total. The number of pyridine rings is 1. The monoisotopic (exact) mass is 252 g/mol. The molecule has 6 heteroatoms. The molecule has 0 bridgehead atoms. The van der Waals surface area contributed by atoms with E-state index in [1.807, 2.05) is 0 Å². The Morgan fingerprint density at radius 1 is 1.50 bits per heavy atom. The van der Waals surface area contributed by atoms with Crippen molar-refractivity contribution >= 4 is 17.6 Å². The molecule has 0 fully saturated rings. The third-order valence-corrected chi connectivity index (χ3v) is 2.23. The summed E-state index contributed by atoms with van der Waals surface area (Å²) >= 11 is 0. The first kappa shape index (κ1) is 14.0. The van der Waals surface area contributed by atoms with Crippen molar-refractivity contribution in [3.8, 4) is 0 Å². The second kappa shape index (κ2) is 5.48. The topological polar surface area (TPSA) is 88.5 Å². The summed E-state index contributed by atoms with van der Waals surface area (Å²) in [6.45, 7) is 3.53. The number of carbonyl (C=O) groups is 2. The number of esters is 1. The second-order valence-electron chi connectivity index (χ2n) is 4.50. The van der Waals surface area contributed by atoms with E-state index in [-0.39, 0.29) is 12.1 Å². The van der Waals surface area contributed by atoms with Crippen LogP contribution in [0.15, 0.2) is 18.3 Å². The molecule has 0 unspecified atom stereocenters. The highest BCUT2D eigenvalue weighted by molar-refractivity contribution is 5.88. The van der Waals surface area contributed by atoms with Gasteiger partial charge in [-0.1, -0.05) is 0 Å². The largest absolute Gasteiger partial charge is 0.481 e. The molecule has 1 rings (SSSR count). The Morgan fingerprint density at radius 3 is 2.72 bits per heavy atom. The summed E-state index contributed by atoms with van der Waals surface area (Å²) in [6.07, 6.45) is 1.42. The molecular formula is C12H16N2O4. The maximum atomic E-state index is 11.3. The molecule has 0 aliphatic heterocycles. The van der Waals surface area contributed by atoms with Crippen molar-refractivity contribution in [1.82, 2.24) is 4.98 Å². The fraction of sp³-hybridized carbons (Fsp3) is 0.417. The number of methoxy groups -OCH3 is 1. The van der Waals surface area contributed by atoms with Crippen molar-refractivity contribution in [2.24, 2.45) is 0 Å². The van der Waals surface area contributed by atoms with Crippen LogP contribution in [0.1, 0.15) is 30.8 Å². The summed E-state index contributed by atoms with van der Waals surface area (Å²) in [5.74, 6) is -1.43. The standard InChI is InChI=1S/C12H16N2O4/c1-12(2,7-10(15)16)14-8-4-5-13-9(6-8)11(17)18-3/h4-6H,7H2,1-3H3,(H,13,14)(H,15,16). The molecule has 0 aliphatic rings. The van der Waals surface area contributed by atoms with Gasteiger partial charge in [-0.05, 0) is 26.0 Å². The lowest BCUT2D eigenvalue weighted by molar-refractivity contribution is -0.137. The van der Waals surface area contributed by atoms with E-state index in [0.29, 0.717) is 5.69 Å². The molecule has 0 aromatic carbocycles. The zero-order valence-corrected chi connectivity index (χ0v) is 10.6. The number of aliphatic carboxylic acids is 1. The molecule has 0 radical (unpaired) electrons. The minimum atomic E-state index is -0.894. The van der Waals surface area contributed by atoms with Crippen molar-refractivity contribution in [3.05, 3.63) is 24.0 Å². The average Bonchev–Trinajstić information content (AvgIpc) is 2.25. The quantitative estimate of drug-likeness (QED) is 0.773. The number of aromatic nitrogens is 1. The van der Waals surface area contributed by atoms with Gasteiger partial charge in [0.15, 0.2) is 0 Å². The van der Waals surface area contributed by atoms with Gasteiger partial charge in [0.25, 0.3) is 0 Å². The fourth-order valence-corrected chi connectivity index (χ4v) is 1.54. The summed E-state index contributed by atoms with van der Waals surface area (Å²) in [4.78, 5) is 25.9. The van der Waals surface area contributed by atoms with Crippen LogP contribution in [0.3, 0.4) is 0 Å². The Hall–Kier alpha value is -2.11. The summed E-state index contributed by atoms with van der Waals surface area (Å²) in [6, 6.07) is 3.19. The van der Waals surface area contributed by atoms with Crippen molar-refractivity contribution in [2.45, 2.75) is 25.8 Å². The molecular weight excluding hydrogens is 236 g/mol. The first-order valence-electron chi connectivity index (χ1n) is 5.38. The minimum Gasteiger partial charge on any atom is -0.481 e. The molecule has 6 nitrogen and oxygen atoms in total. The molecule has 98 valence electrons. The number of nitrogens with zero attached hydrogens (tertiary/aromatic N) is 1. The van der Waals surface area contributed by atoms with Crippen LogP contribution in [0.25, 0.3) is 0 Å². The first-order chi connectivity index (χ1) is 8.34. The summed E-state index contributed by atoms with van der Waals surface area (Å²) in [5, 5.41) is 11.8. The number of hydrogen-bond acceptors (Lipinski definition) is 5. The number of carboxylic acid groups (broad SMARTS) is 1. The Balaban J connectivity index is 2.85. The van der Waals surface area contributed by atoms with Gasteiger partial charge in [-0.15, -0.1) is 0 Å². The molecule has 1 heterocycles. The highest BCUT2D eigenvalue weighted by Gasteiger charge is 2.21. The molecule has 0 aliphatic carbocycles. The van der Waals surface area contributed by atoms with Crippen LogP contribution in [0.5, 0.6) is 0 Å². The number of nitrogens with one attached hydrogen (secondary N) is 1. The minimum absolute atomic E-state index is 0.0388. The Morgan fingerprint density at radius 2 is 2.17 bits per heavy atom. The van der Waals surface area contributed by atoms with Crippen LogP contribution in [0.2, 0.25) is 0 Å².